The Balaban J connectivity index is 0.00000357. The van der Waals surface area contributed by atoms with Crippen LogP contribution in [0.25, 0.3) is 27.6 Å². The molecule has 0 fully saturated rings. The predicted octanol–water partition coefficient (Wildman–Crippen LogP) is 8.73. The Kier molecular flexibility index (Phi) is 6.06. The zero-order valence-electron chi connectivity index (χ0n) is 26.3. The molecule has 0 aliphatic carbocycles. The molecule has 0 spiro atoms. The number of fused-ring (bicyclic) bond motifs is 4. The van der Waals surface area contributed by atoms with E-state index in [0.29, 0.717) is 28.6 Å². The van der Waals surface area contributed by atoms with Gasteiger partial charge in [-0.3, -0.25) is 0 Å². The molecule has 0 N–H and O–H groups in total. The van der Waals surface area contributed by atoms with E-state index < -0.39 is 6.98 Å². The SMILES string of the molecule is [2H]C([2H])([2H])N1C(=[CH-])N(c2[c-]c(Oc3[c-]c4c(cc3)c3ccccc3n4-c3cc(C(C)(C)C)ccn3)ccc2)c2ccccc21.[Pt]. The first-order valence-corrected chi connectivity index (χ1v) is 13.4. The second kappa shape index (κ2) is 10.5. The van der Waals surface area contributed by atoms with E-state index in [0.717, 1.165) is 32.5 Å². The minimum atomic E-state index is -2.45. The number of benzene rings is 4. The van der Waals surface area contributed by atoms with Gasteiger partial charge in [-0.05, 0) is 46.7 Å². The number of aromatic nitrogens is 2. The van der Waals surface area contributed by atoms with E-state index >= 15 is 0 Å². The summed E-state index contributed by atoms with van der Waals surface area (Å²) in [4.78, 5) is 7.58. The zero-order valence-corrected chi connectivity index (χ0v) is 25.6. The summed E-state index contributed by atoms with van der Waals surface area (Å²) < 4.78 is 32.6. The topological polar surface area (TPSA) is 33.5 Å². The van der Waals surface area contributed by atoms with E-state index in [-0.39, 0.29) is 32.3 Å². The van der Waals surface area contributed by atoms with Crippen molar-refractivity contribution in [1.29, 1.82) is 0 Å². The molecule has 0 saturated heterocycles. The van der Waals surface area contributed by atoms with Gasteiger partial charge in [-0.15, -0.1) is 35.7 Å². The van der Waals surface area contributed by atoms with Crippen LogP contribution >= 0.6 is 0 Å². The Morgan fingerprint density at radius 3 is 2.40 bits per heavy atom. The van der Waals surface area contributed by atoms with Gasteiger partial charge in [0.2, 0.25) is 0 Å². The van der Waals surface area contributed by atoms with Crippen molar-refractivity contribution in [2.45, 2.75) is 26.2 Å². The molecule has 0 amide bonds. The summed E-state index contributed by atoms with van der Waals surface area (Å²) in [6, 6.07) is 35.8. The molecule has 0 radical (unpaired) electrons. The predicted molar refractivity (Wildman–Crippen MR) is 166 cm³/mol. The second-order valence-electron chi connectivity index (χ2n) is 11.1. The summed E-state index contributed by atoms with van der Waals surface area (Å²) in [6.45, 7) is 10.5. The summed E-state index contributed by atoms with van der Waals surface area (Å²) >= 11 is 0. The molecule has 4 aromatic carbocycles. The Hall–Kier alpha value is -4.34. The molecule has 0 saturated carbocycles. The van der Waals surface area contributed by atoms with Gasteiger partial charge in [0, 0.05) is 55.4 Å². The number of anilines is 3. The molecule has 1 aliphatic heterocycles. The van der Waals surface area contributed by atoms with E-state index in [9.17, 15) is 0 Å². The molecule has 3 heterocycles. The maximum atomic E-state index is 8.05. The van der Waals surface area contributed by atoms with E-state index in [1.807, 2.05) is 54.7 Å². The number of nitrogens with zero attached hydrogens (tertiary/aromatic N) is 4. The molecule has 6 heteroatoms. The molecule has 212 valence electrons. The number of rotatable bonds is 4. The Bertz CT molecular complexity index is 2080. The van der Waals surface area contributed by atoms with Crippen molar-refractivity contribution < 1.29 is 29.9 Å². The van der Waals surface area contributed by atoms with Crippen molar-refractivity contribution in [3.8, 4) is 17.3 Å². The standard InChI is InChI=1S/C36H29N4O.Pt/c1-24-38(5)32-15-8-9-16-33(32)39(24)26-11-10-12-27(22-26)41-28-17-18-30-29-13-6-7-14-31(29)40(34(30)23-28)35-21-25(19-20-37-35)36(2,3)4;/h1,6-21H,2-5H3;/q-3;/i5D3;. The number of ether oxygens (including phenoxy) is 1. The monoisotopic (exact) mass is 731 g/mol. The first kappa shape index (κ1) is 24.3. The number of pyridine rings is 1. The number of hydrogen-bond donors (Lipinski definition) is 0. The zero-order chi connectivity index (χ0) is 30.8. The van der Waals surface area contributed by atoms with Crippen molar-refractivity contribution in [1.82, 2.24) is 9.55 Å². The van der Waals surface area contributed by atoms with E-state index in [1.165, 1.54) is 5.56 Å². The molecule has 2 aromatic heterocycles. The molecule has 6 aromatic rings. The van der Waals surface area contributed by atoms with Crippen LogP contribution in [0.3, 0.4) is 0 Å². The molecular formula is C36H29N4OPt-3. The van der Waals surface area contributed by atoms with Crippen LogP contribution in [0.5, 0.6) is 11.5 Å². The normalized spacial score (nSPS) is 14.4. The van der Waals surface area contributed by atoms with Crippen molar-refractivity contribution in [2.75, 3.05) is 16.8 Å². The molecule has 7 rings (SSSR count). The third kappa shape index (κ3) is 4.58. The molecule has 5 nitrogen and oxygen atoms in total. The van der Waals surface area contributed by atoms with E-state index in [4.69, 9.17) is 20.4 Å². The van der Waals surface area contributed by atoms with Crippen molar-refractivity contribution in [2.24, 2.45) is 0 Å². The van der Waals surface area contributed by atoms with E-state index in [1.54, 1.807) is 23.1 Å². The van der Waals surface area contributed by atoms with Gasteiger partial charge < -0.3 is 25.7 Å². The van der Waals surface area contributed by atoms with Gasteiger partial charge in [0.05, 0.1) is 11.4 Å². The summed E-state index contributed by atoms with van der Waals surface area (Å²) in [7, 11) is 0. The third-order valence-electron chi connectivity index (χ3n) is 7.43. The molecule has 1 aliphatic rings. The Morgan fingerprint density at radius 2 is 1.60 bits per heavy atom. The molecule has 42 heavy (non-hydrogen) atoms. The van der Waals surface area contributed by atoms with Crippen LogP contribution in [0.1, 0.15) is 30.4 Å². The fourth-order valence-corrected chi connectivity index (χ4v) is 5.37. The van der Waals surface area contributed by atoms with Gasteiger partial charge in [-0.25, -0.2) is 4.98 Å². The van der Waals surface area contributed by atoms with Gasteiger partial charge in [-0.1, -0.05) is 68.1 Å². The van der Waals surface area contributed by atoms with E-state index in [2.05, 4.69) is 61.7 Å². The molecule has 0 unspecified atom stereocenters. The van der Waals surface area contributed by atoms with Gasteiger partial charge in [0.25, 0.3) is 0 Å². The van der Waals surface area contributed by atoms with Crippen LogP contribution in [0.2, 0.25) is 0 Å². The molecule has 0 atom stereocenters. The summed E-state index contributed by atoms with van der Waals surface area (Å²) in [5.41, 5.74) is 4.73. The second-order valence-corrected chi connectivity index (χ2v) is 11.1. The first-order valence-electron chi connectivity index (χ1n) is 14.9. The maximum absolute atomic E-state index is 8.05. The van der Waals surface area contributed by atoms with Crippen LogP contribution in [0, 0.1) is 18.7 Å². The Morgan fingerprint density at radius 1 is 0.833 bits per heavy atom. The third-order valence-corrected chi connectivity index (χ3v) is 7.43. The summed E-state index contributed by atoms with van der Waals surface area (Å²) in [6.07, 6.45) is 1.85. The average molecular weight is 732 g/mol. The maximum Gasteiger partial charge on any atom is 0.135 e. The van der Waals surface area contributed by atoms with Crippen LogP contribution in [0.4, 0.5) is 17.1 Å². The quantitative estimate of drug-likeness (QED) is 0.170. The van der Waals surface area contributed by atoms with Gasteiger partial charge in [0.15, 0.2) is 0 Å². The van der Waals surface area contributed by atoms with Gasteiger partial charge >= 0.3 is 0 Å². The number of para-hydroxylation sites is 3. The smallest absolute Gasteiger partial charge is 0.135 e. The largest absolute Gasteiger partial charge is 0.509 e. The van der Waals surface area contributed by atoms with Crippen molar-refractivity contribution >= 4 is 38.9 Å². The minimum Gasteiger partial charge on any atom is -0.509 e. The minimum absolute atomic E-state index is 0. The number of hydrogen-bond acceptors (Lipinski definition) is 4. The fourth-order valence-electron chi connectivity index (χ4n) is 5.37. The average Bonchev–Trinajstić information content (AvgIpc) is 3.48. The fraction of sp³-hybridized carbons (Fsp3) is 0.139. The van der Waals surface area contributed by atoms with Gasteiger partial charge in [-0.2, -0.15) is 12.1 Å². The summed E-state index contributed by atoms with van der Waals surface area (Å²) in [5, 5.41) is 2.13. The Labute approximate surface area is 265 Å². The van der Waals surface area contributed by atoms with Crippen molar-refractivity contribution in [3.63, 3.8) is 0 Å². The van der Waals surface area contributed by atoms with Crippen LogP contribution < -0.4 is 14.5 Å². The summed E-state index contributed by atoms with van der Waals surface area (Å²) in [5.74, 6) is 1.82. The van der Waals surface area contributed by atoms with Crippen molar-refractivity contribution in [3.05, 3.63) is 127 Å². The molecular weight excluding hydrogens is 700 g/mol. The van der Waals surface area contributed by atoms with Crippen LogP contribution in [0.15, 0.2) is 103 Å². The van der Waals surface area contributed by atoms with Gasteiger partial charge in [0.1, 0.15) is 5.82 Å². The first-order chi connectivity index (χ1) is 21.0. The van der Waals surface area contributed by atoms with Crippen LogP contribution in [-0.2, 0) is 26.5 Å². The molecule has 0 bridgehead atoms. The van der Waals surface area contributed by atoms with Crippen LogP contribution in [-0.4, -0.2) is 16.5 Å².